The summed E-state index contributed by atoms with van der Waals surface area (Å²) in [6.07, 6.45) is 4.80. The highest BCUT2D eigenvalue weighted by Crippen LogP contribution is 2.19. The SMILES string of the molecule is Cc1nn(CCOCC(C)C)cc1CNC1CC1. The van der Waals surface area contributed by atoms with Crippen molar-refractivity contribution in [3.05, 3.63) is 17.5 Å². The van der Waals surface area contributed by atoms with E-state index in [2.05, 4.69) is 37.4 Å². The fourth-order valence-corrected chi connectivity index (χ4v) is 1.87. The van der Waals surface area contributed by atoms with E-state index in [4.69, 9.17) is 4.74 Å². The molecule has 1 N–H and O–H groups in total. The Balaban J connectivity index is 1.72. The van der Waals surface area contributed by atoms with Crippen molar-refractivity contribution in [2.24, 2.45) is 5.92 Å². The highest BCUT2D eigenvalue weighted by atomic mass is 16.5. The normalized spacial score (nSPS) is 15.6. The lowest BCUT2D eigenvalue weighted by atomic mass is 10.2. The van der Waals surface area contributed by atoms with Gasteiger partial charge in [-0.3, -0.25) is 4.68 Å². The van der Waals surface area contributed by atoms with Gasteiger partial charge in [-0.1, -0.05) is 13.8 Å². The molecule has 0 saturated heterocycles. The van der Waals surface area contributed by atoms with E-state index >= 15 is 0 Å². The highest BCUT2D eigenvalue weighted by molar-refractivity contribution is 5.15. The van der Waals surface area contributed by atoms with Crippen molar-refractivity contribution in [3.63, 3.8) is 0 Å². The van der Waals surface area contributed by atoms with Crippen LogP contribution in [0.4, 0.5) is 0 Å². The second-order valence-electron chi connectivity index (χ2n) is 5.63. The van der Waals surface area contributed by atoms with Gasteiger partial charge in [-0.2, -0.15) is 5.10 Å². The number of aromatic nitrogens is 2. The van der Waals surface area contributed by atoms with Gasteiger partial charge in [0.25, 0.3) is 0 Å². The average Bonchev–Trinajstić information content (AvgIpc) is 3.07. The summed E-state index contributed by atoms with van der Waals surface area (Å²) >= 11 is 0. The lowest BCUT2D eigenvalue weighted by Crippen LogP contribution is -2.15. The predicted molar refractivity (Wildman–Crippen MR) is 72.5 cm³/mol. The van der Waals surface area contributed by atoms with Crippen molar-refractivity contribution in [2.45, 2.75) is 52.7 Å². The van der Waals surface area contributed by atoms with Crippen LogP contribution in [0, 0.1) is 12.8 Å². The minimum Gasteiger partial charge on any atom is -0.379 e. The van der Waals surface area contributed by atoms with Crippen molar-refractivity contribution in [3.8, 4) is 0 Å². The summed E-state index contributed by atoms with van der Waals surface area (Å²) in [7, 11) is 0. The standard InChI is InChI=1S/C14H25N3O/c1-11(2)10-18-7-6-17-9-13(12(3)16-17)8-15-14-4-5-14/h9,11,14-15H,4-8,10H2,1-3H3. The number of ether oxygens (including phenoxy) is 1. The molecule has 1 aliphatic rings. The van der Waals surface area contributed by atoms with E-state index in [1.165, 1.54) is 18.4 Å². The molecule has 1 aliphatic carbocycles. The maximum absolute atomic E-state index is 5.58. The van der Waals surface area contributed by atoms with E-state index in [0.29, 0.717) is 5.92 Å². The summed E-state index contributed by atoms with van der Waals surface area (Å²) in [5.41, 5.74) is 2.44. The van der Waals surface area contributed by atoms with Crippen molar-refractivity contribution >= 4 is 0 Å². The zero-order valence-corrected chi connectivity index (χ0v) is 11.8. The number of hydrogen-bond acceptors (Lipinski definition) is 3. The van der Waals surface area contributed by atoms with Crippen LogP contribution in [0.1, 0.15) is 37.9 Å². The molecular weight excluding hydrogens is 226 g/mol. The Labute approximate surface area is 110 Å². The first kappa shape index (κ1) is 13.6. The van der Waals surface area contributed by atoms with E-state index in [0.717, 1.165) is 38.0 Å². The van der Waals surface area contributed by atoms with Crippen LogP contribution >= 0.6 is 0 Å². The molecule has 1 fully saturated rings. The molecule has 2 rings (SSSR count). The summed E-state index contributed by atoms with van der Waals surface area (Å²) in [6, 6.07) is 0.752. The van der Waals surface area contributed by atoms with E-state index < -0.39 is 0 Å². The number of aryl methyl sites for hydroxylation is 1. The minimum absolute atomic E-state index is 0.600. The lowest BCUT2D eigenvalue weighted by molar-refractivity contribution is 0.101. The Morgan fingerprint density at radius 2 is 2.28 bits per heavy atom. The van der Waals surface area contributed by atoms with Crippen molar-refractivity contribution in [1.29, 1.82) is 0 Å². The van der Waals surface area contributed by atoms with Crippen LogP contribution < -0.4 is 5.32 Å². The van der Waals surface area contributed by atoms with E-state index in [-0.39, 0.29) is 0 Å². The van der Waals surface area contributed by atoms with Crippen LogP contribution in [0.15, 0.2) is 6.20 Å². The number of rotatable bonds is 8. The minimum atomic E-state index is 0.600. The first-order valence-corrected chi connectivity index (χ1v) is 6.99. The van der Waals surface area contributed by atoms with Gasteiger partial charge < -0.3 is 10.1 Å². The number of nitrogens with zero attached hydrogens (tertiary/aromatic N) is 2. The molecule has 0 atom stereocenters. The molecule has 1 saturated carbocycles. The monoisotopic (exact) mass is 251 g/mol. The van der Waals surface area contributed by atoms with Gasteiger partial charge in [0, 0.05) is 31.0 Å². The smallest absolute Gasteiger partial charge is 0.0662 e. The zero-order valence-electron chi connectivity index (χ0n) is 11.8. The molecule has 0 aromatic carbocycles. The quantitative estimate of drug-likeness (QED) is 0.719. The van der Waals surface area contributed by atoms with Crippen LogP contribution in [-0.2, 0) is 17.8 Å². The first-order valence-electron chi connectivity index (χ1n) is 6.99. The van der Waals surface area contributed by atoms with Gasteiger partial charge in [0.15, 0.2) is 0 Å². The van der Waals surface area contributed by atoms with Gasteiger partial charge >= 0.3 is 0 Å². The second-order valence-corrected chi connectivity index (χ2v) is 5.63. The molecule has 0 bridgehead atoms. The van der Waals surface area contributed by atoms with Crippen LogP contribution in [0.2, 0.25) is 0 Å². The average molecular weight is 251 g/mol. The Morgan fingerprint density at radius 3 is 2.94 bits per heavy atom. The number of hydrogen-bond donors (Lipinski definition) is 1. The maximum atomic E-state index is 5.58. The summed E-state index contributed by atoms with van der Waals surface area (Å²) < 4.78 is 7.58. The topological polar surface area (TPSA) is 39.1 Å². The molecule has 4 nitrogen and oxygen atoms in total. The highest BCUT2D eigenvalue weighted by Gasteiger charge is 2.20. The Morgan fingerprint density at radius 1 is 1.50 bits per heavy atom. The van der Waals surface area contributed by atoms with E-state index in [1.807, 2.05) is 4.68 Å². The van der Waals surface area contributed by atoms with Gasteiger partial charge in [-0.25, -0.2) is 0 Å². The molecule has 0 radical (unpaired) electrons. The molecule has 1 aromatic rings. The largest absolute Gasteiger partial charge is 0.379 e. The fraction of sp³-hybridized carbons (Fsp3) is 0.786. The Hall–Kier alpha value is -0.870. The van der Waals surface area contributed by atoms with Gasteiger partial charge in [-0.15, -0.1) is 0 Å². The molecule has 4 heteroatoms. The van der Waals surface area contributed by atoms with Gasteiger partial charge in [0.05, 0.1) is 18.8 Å². The first-order chi connectivity index (χ1) is 8.65. The van der Waals surface area contributed by atoms with Gasteiger partial charge in [0.1, 0.15) is 0 Å². The molecule has 0 amide bonds. The van der Waals surface area contributed by atoms with Crippen molar-refractivity contribution in [2.75, 3.05) is 13.2 Å². The summed E-state index contributed by atoms with van der Waals surface area (Å²) in [4.78, 5) is 0. The molecular formula is C14H25N3O. The van der Waals surface area contributed by atoms with Crippen molar-refractivity contribution < 1.29 is 4.74 Å². The van der Waals surface area contributed by atoms with E-state index in [1.54, 1.807) is 0 Å². The molecule has 102 valence electrons. The van der Waals surface area contributed by atoms with Crippen LogP contribution in [0.5, 0.6) is 0 Å². The van der Waals surface area contributed by atoms with Gasteiger partial charge in [-0.05, 0) is 25.7 Å². The predicted octanol–water partition coefficient (Wildman–Crippen LogP) is 2.12. The number of nitrogens with one attached hydrogen (secondary N) is 1. The van der Waals surface area contributed by atoms with Crippen LogP contribution in [-0.4, -0.2) is 29.0 Å². The summed E-state index contributed by atoms with van der Waals surface area (Å²) in [5, 5.41) is 8.05. The third kappa shape index (κ3) is 4.42. The molecule has 1 heterocycles. The summed E-state index contributed by atoms with van der Waals surface area (Å²) in [6.45, 7) is 9.78. The molecule has 0 aliphatic heterocycles. The maximum Gasteiger partial charge on any atom is 0.0662 e. The Kier molecular flexibility index (Phi) is 4.78. The lowest BCUT2D eigenvalue weighted by Gasteiger charge is -2.06. The third-order valence-electron chi connectivity index (χ3n) is 3.12. The molecule has 18 heavy (non-hydrogen) atoms. The molecule has 1 aromatic heterocycles. The van der Waals surface area contributed by atoms with Crippen LogP contribution in [0.3, 0.4) is 0 Å². The van der Waals surface area contributed by atoms with Crippen molar-refractivity contribution in [1.82, 2.24) is 15.1 Å². The zero-order chi connectivity index (χ0) is 13.0. The Bertz CT molecular complexity index is 369. The summed E-state index contributed by atoms with van der Waals surface area (Å²) in [5.74, 6) is 0.600. The second kappa shape index (κ2) is 6.34. The molecule has 0 spiro atoms. The van der Waals surface area contributed by atoms with Gasteiger partial charge in [0.2, 0.25) is 0 Å². The third-order valence-corrected chi connectivity index (χ3v) is 3.12. The van der Waals surface area contributed by atoms with E-state index in [9.17, 15) is 0 Å². The molecule has 0 unspecified atom stereocenters. The van der Waals surface area contributed by atoms with Crippen LogP contribution in [0.25, 0.3) is 0 Å². The fourth-order valence-electron chi connectivity index (χ4n) is 1.87.